The van der Waals surface area contributed by atoms with Gasteiger partial charge in [-0.25, -0.2) is 0 Å². The molecule has 4 heteroatoms. The molecule has 0 heterocycles. The fourth-order valence-electron chi connectivity index (χ4n) is 2.06. The quantitative estimate of drug-likeness (QED) is 0.674. The minimum atomic E-state index is -4.46. The topological polar surface area (TPSA) is 9.23 Å². The van der Waals surface area contributed by atoms with Gasteiger partial charge in [-0.1, -0.05) is 13.8 Å². The zero-order valence-electron chi connectivity index (χ0n) is 8.60. The van der Waals surface area contributed by atoms with Gasteiger partial charge >= 0.3 is 6.36 Å². The third-order valence-electron chi connectivity index (χ3n) is 2.96. The van der Waals surface area contributed by atoms with E-state index in [0.717, 1.165) is 12.8 Å². The van der Waals surface area contributed by atoms with Crippen LogP contribution in [-0.2, 0) is 4.74 Å². The Balaban J connectivity index is 2.29. The fourth-order valence-corrected chi connectivity index (χ4v) is 2.06. The van der Waals surface area contributed by atoms with Crippen molar-refractivity contribution in [2.45, 2.75) is 52.0 Å². The molecule has 0 unspecified atom stereocenters. The molecular weight excluding hydrogens is 193 g/mol. The van der Waals surface area contributed by atoms with Gasteiger partial charge in [-0.15, -0.1) is 13.2 Å². The van der Waals surface area contributed by atoms with Crippen molar-refractivity contribution in [2.24, 2.45) is 11.8 Å². The van der Waals surface area contributed by atoms with Gasteiger partial charge in [-0.3, -0.25) is 4.74 Å². The molecular formula is C10H17F3O. The highest BCUT2D eigenvalue weighted by atomic mass is 19.4. The van der Waals surface area contributed by atoms with Gasteiger partial charge in [0.15, 0.2) is 0 Å². The zero-order valence-corrected chi connectivity index (χ0v) is 8.60. The lowest BCUT2D eigenvalue weighted by Gasteiger charge is -2.30. The fraction of sp³-hybridized carbons (Fsp3) is 1.00. The van der Waals surface area contributed by atoms with Crippen LogP contribution in [0.4, 0.5) is 13.2 Å². The van der Waals surface area contributed by atoms with Crippen molar-refractivity contribution < 1.29 is 17.9 Å². The van der Waals surface area contributed by atoms with E-state index < -0.39 is 12.5 Å². The van der Waals surface area contributed by atoms with Crippen molar-refractivity contribution in [3.8, 4) is 0 Å². The van der Waals surface area contributed by atoms with Crippen LogP contribution in [0.1, 0.15) is 39.5 Å². The second-order valence-corrected chi connectivity index (χ2v) is 4.34. The minimum absolute atomic E-state index is 0.544. The number of hydrogen-bond donors (Lipinski definition) is 0. The summed E-state index contributed by atoms with van der Waals surface area (Å²) in [5.74, 6) is 1.14. The van der Waals surface area contributed by atoms with Crippen LogP contribution >= 0.6 is 0 Å². The molecule has 0 radical (unpaired) electrons. The Morgan fingerprint density at radius 3 is 1.93 bits per heavy atom. The summed E-state index contributed by atoms with van der Waals surface area (Å²) in [5, 5.41) is 0. The van der Waals surface area contributed by atoms with E-state index in [-0.39, 0.29) is 0 Å². The summed E-state index contributed by atoms with van der Waals surface area (Å²) < 4.78 is 39.6. The summed E-state index contributed by atoms with van der Waals surface area (Å²) in [6.45, 7) is 4.24. The Hall–Kier alpha value is -0.250. The van der Waals surface area contributed by atoms with E-state index in [4.69, 9.17) is 0 Å². The molecule has 0 aromatic rings. The standard InChI is InChI=1S/C10H17F3O/c1-7(2)8-3-5-9(6-4-8)14-10(11,12)13/h7-9H,3-6H2,1-2H3. The van der Waals surface area contributed by atoms with Gasteiger partial charge < -0.3 is 0 Å². The van der Waals surface area contributed by atoms with Crippen LogP contribution in [0.15, 0.2) is 0 Å². The van der Waals surface area contributed by atoms with E-state index in [1.165, 1.54) is 0 Å². The Morgan fingerprint density at radius 1 is 1.07 bits per heavy atom. The van der Waals surface area contributed by atoms with Crippen LogP contribution in [0.3, 0.4) is 0 Å². The van der Waals surface area contributed by atoms with Crippen molar-refractivity contribution in [3.05, 3.63) is 0 Å². The number of halogens is 3. The number of hydrogen-bond acceptors (Lipinski definition) is 1. The van der Waals surface area contributed by atoms with Crippen molar-refractivity contribution in [1.29, 1.82) is 0 Å². The highest BCUT2D eigenvalue weighted by Gasteiger charge is 2.35. The average molecular weight is 210 g/mol. The summed E-state index contributed by atoms with van der Waals surface area (Å²) in [6, 6.07) is 0. The SMILES string of the molecule is CC(C)C1CCC(OC(F)(F)F)CC1. The van der Waals surface area contributed by atoms with Gasteiger partial charge in [0.05, 0.1) is 6.10 Å². The molecule has 0 saturated heterocycles. The highest BCUT2D eigenvalue weighted by molar-refractivity contribution is 4.74. The summed E-state index contributed by atoms with van der Waals surface area (Å²) in [4.78, 5) is 0. The summed E-state index contributed by atoms with van der Waals surface area (Å²) >= 11 is 0. The van der Waals surface area contributed by atoms with Gasteiger partial charge in [0.25, 0.3) is 0 Å². The largest absolute Gasteiger partial charge is 0.522 e. The van der Waals surface area contributed by atoms with Gasteiger partial charge in [0, 0.05) is 0 Å². The van der Waals surface area contributed by atoms with E-state index in [0.29, 0.717) is 24.7 Å². The van der Waals surface area contributed by atoms with Gasteiger partial charge in [-0.2, -0.15) is 0 Å². The first-order valence-electron chi connectivity index (χ1n) is 5.13. The second kappa shape index (κ2) is 4.51. The van der Waals surface area contributed by atoms with Crippen molar-refractivity contribution in [1.82, 2.24) is 0 Å². The monoisotopic (exact) mass is 210 g/mol. The first-order chi connectivity index (χ1) is 6.38. The van der Waals surface area contributed by atoms with Gasteiger partial charge in [-0.05, 0) is 37.5 Å². The average Bonchev–Trinajstić information content (AvgIpc) is 2.02. The minimum Gasteiger partial charge on any atom is -0.289 e. The lowest BCUT2D eigenvalue weighted by Crippen LogP contribution is -2.29. The zero-order chi connectivity index (χ0) is 10.8. The first-order valence-corrected chi connectivity index (χ1v) is 5.13. The number of alkyl halides is 3. The molecule has 84 valence electrons. The molecule has 0 atom stereocenters. The summed E-state index contributed by atoms with van der Waals surface area (Å²) in [6.07, 6.45) is -2.26. The lowest BCUT2D eigenvalue weighted by atomic mass is 9.80. The third-order valence-corrected chi connectivity index (χ3v) is 2.96. The molecule has 1 fully saturated rings. The van der Waals surface area contributed by atoms with Crippen molar-refractivity contribution in [3.63, 3.8) is 0 Å². The highest BCUT2D eigenvalue weighted by Crippen LogP contribution is 2.33. The first kappa shape index (κ1) is 11.8. The van der Waals surface area contributed by atoms with Crippen LogP contribution in [0.25, 0.3) is 0 Å². The predicted molar refractivity (Wildman–Crippen MR) is 47.7 cm³/mol. The van der Waals surface area contributed by atoms with E-state index in [2.05, 4.69) is 18.6 Å². The van der Waals surface area contributed by atoms with E-state index in [1.54, 1.807) is 0 Å². The van der Waals surface area contributed by atoms with Crippen LogP contribution < -0.4 is 0 Å². The van der Waals surface area contributed by atoms with Gasteiger partial charge in [0.2, 0.25) is 0 Å². The maximum Gasteiger partial charge on any atom is 0.522 e. The van der Waals surface area contributed by atoms with Crippen LogP contribution in [0.2, 0.25) is 0 Å². The smallest absolute Gasteiger partial charge is 0.289 e. The summed E-state index contributed by atoms with van der Waals surface area (Å²) in [5.41, 5.74) is 0. The molecule has 0 spiro atoms. The van der Waals surface area contributed by atoms with Crippen molar-refractivity contribution >= 4 is 0 Å². The second-order valence-electron chi connectivity index (χ2n) is 4.34. The maximum absolute atomic E-state index is 11.9. The predicted octanol–water partition coefficient (Wildman–Crippen LogP) is 3.74. The molecule has 1 aliphatic rings. The van der Waals surface area contributed by atoms with E-state index in [1.807, 2.05) is 0 Å². The Morgan fingerprint density at radius 2 is 1.57 bits per heavy atom. The third kappa shape index (κ3) is 3.86. The van der Waals surface area contributed by atoms with E-state index in [9.17, 15) is 13.2 Å². The van der Waals surface area contributed by atoms with Crippen molar-refractivity contribution in [2.75, 3.05) is 0 Å². The molecule has 0 amide bonds. The Bertz CT molecular complexity index is 169. The van der Waals surface area contributed by atoms with Crippen LogP contribution in [0, 0.1) is 11.8 Å². The molecule has 0 aliphatic heterocycles. The van der Waals surface area contributed by atoms with E-state index >= 15 is 0 Å². The molecule has 1 aliphatic carbocycles. The Labute approximate surface area is 82.6 Å². The molecule has 14 heavy (non-hydrogen) atoms. The molecule has 0 bridgehead atoms. The molecule has 0 N–H and O–H groups in total. The van der Waals surface area contributed by atoms with Crippen LogP contribution in [-0.4, -0.2) is 12.5 Å². The molecule has 0 aromatic heterocycles. The Kier molecular flexibility index (Phi) is 3.81. The van der Waals surface area contributed by atoms with Gasteiger partial charge in [0.1, 0.15) is 0 Å². The number of rotatable bonds is 2. The normalized spacial score (nSPS) is 29.6. The molecule has 1 saturated carbocycles. The molecule has 1 nitrogen and oxygen atoms in total. The molecule has 0 aromatic carbocycles. The molecule has 1 rings (SSSR count). The van der Waals surface area contributed by atoms with Crippen LogP contribution in [0.5, 0.6) is 0 Å². The maximum atomic E-state index is 11.9. The summed E-state index contributed by atoms with van der Waals surface area (Å²) in [7, 11) is 0. The lowest BCUT2D eigenvalue weighted by molar-refractivity contribution is -0.345. The number of ether oxygens (including phenoxy) is 1.